The molecule has 0 bridgehead atoms. The maximum Gasteiger partial charge on any atom is 0.215 e. The molecule has 3 N–H and O–H groups in total. The van der Waals surface area contributed by atoms with Crippen molar-refractivity contribution in [3.05, 3.63) is 0 Å². The monoisotopic (exact) mass is 224 g/mol. The molecule has 0 aromatic rings. The Morgan fingerprint density at radius 2 is 2.00 bits per heavy atom. The molecule has 0 aliphatic heterocycles. The predicted molar refractivity (Wildman–Crippen MR) is 56.4 cm³/mol. The Hall–Kier alpha value is -0.170. The average molecular weight is 224 g/mol. The van der Waals surface area contributed by atoms with Crippen LogP contribution in [0.5, 0.6) is 0 Å². The molecule has 0 aromatic heterocycles. The molecule has 86 valence electrons. The molecular formula is C8H20N2O3S. The zero-order valence-corrected chi connectivity index (χ0v) is 9.63. The molecule has 0 unspecified atom stereocenters. The number of aliphatic hydroxyl groups excluding tert-OH is 1. The second-order valence-electron chi connectivity index (χ2n) is 3.39. The van der Waals surface area contributed by atoms with Crippen LogP contribution in [0.1, 0.15) is 20.3 Å². The van der Waals surface area contributed by atoms with Crippen molar-refractivity contribution in [1.82, 2.24) is 4.31 Å². The lowest BCUT2D eigenvalue weighted by Crippen LogP contribution is -2.40. The fourth-order valence-corrected chi connectivity index (χ4v) is 2.79. The Morgan fingerprint density at radius 1 is 1.43 bits per heavy atom. The smallest absolute Gasteiger partial charge is 0.215 e. The first-order chi connectivity index (χ1) is 6.45. The molecule has 5 nitrogen and oxygen atoms in total. The molecule has 0 heterocycles. The van der Waals surface area contributed by atoms with Crippen LogP contribution < -0.4 is 5.73 Å². The third-order valence-electron chi connectivity index (χ3n) is 1.85. The van der Waals surface area contributed by atoms with Gasteiger partial charge < -0.3 is 10.8 Å². The second kappa shape index (κ2) is 6.34. The summed E-state index contributed by atoms with van der Waals surface area (Å²) in [4.78, 5) is 0. The molecular weight excluding hydrogens is 204 g/mol. The van der Waals surface area contributed by atoms with Gasteiger partial charge in [-0.15, -0.1) is 0 Å². The molecule has 14 heavy (non-hydrogen) atoms. The Morgan fingerprint density at radius 3 is 2.36 bits per heavy atom. The first-order valence-corrected chi connectivity index (χ1v) is 6.37. The van der Waals surface area contributed by atoms with Gasteiger partial charge in [0.1, 0.15) is 0 Å². The van der Waals surface area contributed by atoms with E-state index >= 15 is 0 Å². The first-order valence-electron chi connectivity index (χ1n) is 4.76. The van der Waals surface area contributed by atoms with Crippen molar-refractivity contribution in [2.45, 2.75) is 26.3 Å². The van der Waals surface area contributed by atoms with Crippen molar-refractivity contribution in [3.63, 3.8) is 0 Å². The minimum absolute atomic E-state index is 0.00135. The third kappa shape index (κ3) is 4.36. The minimum atomic E-state index is -3.25. The van der Waals surface area contributed by atoms with Gasteiger partial charge in [-0.05, 0) is 20.3 Å². The van der Waals surface area contributed by atoms with E-state index in [4.69, 9.17) is 10.8 Å². The van der Waals surface area contributed by atoms with Crippen LogP contribution in [0, 0.1) is 0 Å². The number of nitrogens with zero attached hydrogens (tertiary/aromatic N) is 1. The Bertz CT molecular complexity index is 239. The highest BCUT2D eigenvalue weighted by Gasteiger charge is 2.23. The van der Waals surface area contributed by atoms with Crippen molar-refractivity contribution in [2.75, 3.05) is 25.4 Å². The quantitative estimate of drug-likeness (QED) is 0.603. The van der Waals surface area contributed by atoms with Gasteiger partial charge in [0.15, 0.2) is 0 Å². The molecule has 0 radical (unpaired) electrons. The molecule has 0 amide bonds. The number of aliphatic hydroxyl groups is 1. The van der Waals surface area contributed by atoms with Crippen LogP contribution in [0.15, 0.2) is 0 Å². The summed E-state index contributed by atoms with van der Waals surface area (Å²) in [6, 6.07) is -0.0851. The standard InChI is InChI=1S/C8H20N2O3S/c1-8(2)10(5-3-6-11)14(12,13)7-4-9/h8,11H,3-7,9H2,1-2H3. The van der Waals surface area contributed by atoms with Gasteiger partial charge in [0, 0.05) is 25.7 Å². The van der Waals surface area contributed by atoms with Crippen LogP contribution >= 0.6 is 0 Å². The topological polar surface area (TPSA) is 83.6 Å². The molecule has 6 heteroatoms. The van der Waals surface area contributed by atoms with Crippen molar-refractivity contribution in [3.8, 4) is 0 Å². The predicted octanol–water partition coefficient (Wildman–Crippen LogP) is -0.632. The van der Waals surface area contributed by atoms with E-state index < -0.39 is 10.0 Å². The summed E-state index contributed by atoms with van der Waals surface area (Å²) in [6.07, 6.45) is 0.460. The number of hydrogen-bond acceptors (Lipinski definition) is 4. The molecule has 0 aliphatic rings. The van der Waals surface area contributed by atoms with Crippen LogP contribution in [0.2, 0.25) is 0 Å². The first kappa shape index (κ1) is 13.8. The van der Waals surface area contributed by atoms with Crippen LogP contribution in [0.25, 0.3) is 0 Å². The molecule has 0 rings (SSSR count). The van der Waals surface area contributed by atoms with Crippen LogP contribution in [-0.4, -0.2) is 49.3 Å². The minimum Gasteiger partial charge on any atom is -0.396 e. The zero-order chi connectivity index (χ0) is 11.2. The van der Waals surface area contributed by atoms with Gasteiger partial charge in [0.05, 0.1) is 5.75 Å². The lowest BCUT2D eigenvalue weighted by atomic mass is 10.3. The fraction of sp³-hybridized carbons (Fsp3) is 1.00. The highest BCUT2D eigenvalue weighted by Crippen LogP contribution is 2.07. The van der Waals surface area contributed by atoms with E-state index in [-0.39, 0.29) is 24.9 Å². The summed E-state index contributed by atoms with van der Waals surface area (Å²) >= 11 is 0. The number of nitrogens with two attached hydrogens (primary N) is 1. The summed E-state index contributed by atoms with van der Waals surface area (Å²) in [5, 5.41) is 8.65. The van der Waals surface area contributed by atoms with Gasteiger partial charge in [-0.2, -0.15) is 4.31 Å². The van der Waals surface area contributed by atoms with Crippen LogP contribution in [0.4, 0.5) is 0 Å². The van der Waals surface area contributed by atoms with Crippen molar-refractivity contribution in [1.29, 1.82) is 0 Å². The van der Waals surface area contributed by atoms with E-state index in [1.807, 2.05) is 13.8 Å². The van der Waals surface area contributed by atoms with Crippen molar-refractivity contribution < 1.29 is 13.5 Å². The van der Waals surface area contributed by atoms with Gasteiger partial charge in [-0.1, -0.05) is 0 Å². The van der Waals surface area contributed by atoms with Gasteiger partial charge in [0.25, 0.3) is 0 Å². The van der Waals surface area contributed by atoms with Crippen molar-refractivity contribution >= 4 is 10.0 Å². The SMILES string of the molecule is CC(C)N(CCCO)S(=O)(=O)CCN. The summed E-state index contributed by atoms with van der Waals surface area (Å²) in [7, 11) is -3.25. The van der Waals surface area contributed by atoms with E-state index in [1.54, 1.807) is 0 Å². The molecule has 0 atom stereocenters. The molecule has 0 spiro atoms. The van der Waals surface area contributed by atoms with E-state index in [2.05, 4.69) is 0 Å². The maximum atomic E-state index is 11.6. The largest absolute Gasteiger partial charge is 0.396 e. The lowest BCUT2D eigenvalue weighted by Gasteiger charge is -2.25. The van der Waals surface area contributed by atoms with E-state index in [0.29, 0.717) is 13.0 Å². The summed E-state index contributed by atoms with van der Waals surface area (Å²) in [6.45, 7) is 4.11. The number of hydrogen-bond donors (Lipinski definition) is 2. The molecule has 0 fully saturated rings. The lowest BCUT2D eigenvalue weighted by molar-refractivity contribution is 0.258. The Labute approximate surface area is 85.9 Å². The third-order valence-corrected chi connectivity index (χ3v) is 3.92. The highest BCUT2D eigenvalue weighted by atomic mass is 32.2. The molecule has 0 aliphatic carbocycles. The average Bonchev–Trinajstić information content (AvgIpc) is 2.03. The Balaban J connectivity index is 4.48. The van der Waals surface area contributed by atoms with E-state index in [1.165, 1.54) is 4.31 Å². The van der Waals surface area contributed by atoms with Crippen molar-refractivity contribution in [2.24, 2.45) is 5.73 Å². The fourth-order valence-electron chi connectivity index (χ4n) is 1.21. The Kier molecular flexibility index (Phi) is 6.26. The highest BCUT2D eigenvalue weighted by molar-refractivity contribution is 7.89. The van der Waals surface area contributed by atoms with E-state index in [9.17, 15) is 8.42 Å². The van der Waals surface area contributed by atoms with Crippen LogP contribution in [0.3, 0.4) is 0 Å². The van der Waals surface area contributed by atoms with Gasteiger partial charge in [0.2, 0.25) is 10.0 Å². The number of sulfonamides is 1. The van der Waals surface area contributed by atoms with Crippen LogP contribution in [-0.2, 0) is 10.0 Å². The summed E-state index contributed by atoms with van der Waals surface area (Å²) in [5.74, 6) is -0.0311. The van der Waals surface area contributed by atoms with Gasteiger partial charge >= 0.3 is 0 Å². The summed E-state index contributed by atoms with van der Waals surface area (Å²) in [5.41, 5.74) is 5.23. The molecule has 0 aromatic carbocycles. The number of rotatable bonds is 7. The zero-order valence-electron chi connectivity index (χ0n) is 8.81. The second-order valence-corrected chi connectivity index (χ2v) is 5.43. The van der Waals surface area contributed by atoms with Gasteiger partial charge in [-0.25, -0.2) is 8.42 Å². The molecule has 0 saturated carbocycles. The maximum absolute atomic E-state index is 11.6. The summed E-state index contributed by atoms with van der Waals surface area (Å²) < 4.78 is 24.7. The van der Waals surface area contributed by atoms with Gasteiger partial charge in [-0.3, -0.25) is 0 Å². The normalized spacial score (nSPS) is 12.7. The molecule has 0 saturated heterocycles. The van der Waals surface area contributed by atoms with E-state index in [0.717, 1.165) is 0 Å².